The van der Waals surface area contributed by atoms with Crippen LogP contribution in [0.4, 0.5) is 10.1 Å². The summed E-state index contributed by atoms with van der Waals surface area (Å²) in [5, 5.41) is 4.23. The summed E-state index contributed by atoms with van der Waals surface area (Å²) in [4.78, 5) is 0. The van der Waals surface area contributed by atoms with Crippen LogP contribution in [0, 0.1) is 12.7 Å². The second kappa shape index (κ2) is 3.96. The van der Waals surface area contributed by atoms with Crippen LogP contribution in [-0.2, 0) is 6.54 Å². The van der Waals surface area contributed by atoms with Crippen molar-refractivity contribution in [2.45, 2.75) is 20.4 Å². The topological polar surface area (TPSA) is 43.8 Å². The zero-order chi connectivity index (χ0) is 11.7. The van der Waals surface area contributed by atoms with Crippen LogP contribution in [0.1, 0.15) is 12.6 Å². The largest absolute Gasteiger partial charge is 0.396 e. The Hall–Kier alpha value is -1.84. The summed E-state index contributed by atoms with van der Waals surface area (Å²) in [6.07, 6.45) is 1.75. The molecule has 0 aliphatic heterocycles. The molecule has 2 aromatic rings. The van der Waals surface area contributed by atoms with Crippen LogP contribution in [-0.4, -0.2) is 9.78 Å². The van der Waals surface area contributed by atoms with E-state index in [9.17, 15) is 4.39 Å². The van der Waals surface area contributed by atoms with Crippen molar-refractivity contribution in [1.82, 2.24) is 9.78 Å². The fraction of sp³-hybridized carbons (Fsp3) is 0.250. The number of aryl methyl sites for hydroxylation is 1. The maximum atomic E-state index is 13.3. The Bertz CT molecular complexity index is 517. The second-order valence-electron chi connectivity index (χ2n) is 3.70. The van der Waals surface area contributed by atoms with Crippen molar-refractivity contribution in [1.29, 1.82) is 0 Å². The van der Waals surface area contributed by atoms with Gasteiger partial charge in [-0.15, -0.1) is 0 Å². The van der Waals surface area contributed by atoms with Gasteiger partial charge in [-0.05, 0) is 31.5 Å². The van der Waals surface area contributed by atoms with E-state index in [0.29, 0.717) is 0 Å². The van der Waals surface area contributed by atoms with Gasteiger partial charge >= 0.3 is 0 Å². The third kappa shape index (κ3) is 1.66. The molecule has 1 aromatic carbocycles. The molecular weight excluding hydrogens is 205 g/mol. The minimum absolute atomic E-state index is 0.171. The molecule has 16 heavy (non-hydrogen) atoms. The average molecular weight is 219 g/mol. The molecule has 0 bridgehead atoms. The number of hydrogen-bond donors (Lipinski definition) is 1. The van der Waals surface area contributed by atoms with E-state index in [-0.39, 0.29) is 11.5 Å². The molecule has 2 N–H and O–H groups in total. The van der Waals surface area contributed by atoms with E-state index in [1.807, 2.05) is 24.6 Å². The zero-order valence-corrected chi connectivity index (χ0v) is 9.37. The van der Waals surface area contributed by atoms with Crippen molar-refractivity contribution in [3.8, 4) is 11.1 Å². The lowest BCUT2D eigenvalue weighted by Gasteiger charge is -2.04. The number of aromatic nitrogens is 2. The van der Waals surface area contributed by atoms with Gasteiger partial charge in [0.1, 0.15) is 5.82 Å². The molecule has 0 saturated heterocycles. The highest BCUT2D eigenvalue weighted by atomic mass is 19.1. The highest BCUT2D eigenvalue weighted by molar-refractivity contribution is 5.67. The molecule has 1 aromatic heterocycles. The van der Waals surface area contributed by atoms with Gasteiger partial charge in [-0.3, -0.25) is 4.68 Å². The number of nitrogens with two attached hydrogens (primary N) is 1. The summed E-state index contributed by atoms with van der Waals surface area (Å²) in [6.45, 7) is 4.80. The fourth-order valence-electron chi connectivity index (χ4n) is 1.74. The molecule has 1 heterocycles. The molecule has 84 valence electrons. The maximum absolute atomic E-state index is 13.3. The Morgan fingerprint density at radius 3 is 2.75 bits per heavy atom. The summed E-state index contributed by atoms with van der Waals surface area (Å²) in [7, 11) is 0. The molecule has 3 nitrogen and oxygen atoms in total. The van der Waals surface area contributed by atoms with Gasteiger partial charge < -0.3 is 5.73 Å². The second-order valence-corrected chi connectivity index (χ2v) is 3.70. The Kier molecular flexibility index (Phi) is 2.64. The van der Waals surface area contributed by atoms with Crippen LogP contribution in [0.2, 0.25) is 0 Å². The smallest absolute Gasteiger partial charge is 0.146 e. The molecule has 0 aliphatic rings. The van der Waals surface area contributed by atoms with E-state index < -0.39 is 0 Å². The first-order valence-electron chi connectivity index (χ1n) is 5.21. The molecule has 0 spiro atoms. The summed E-state index contributed by atoms with van der Waals surface area (Å²) >= 11 is 0. The predicted molar refractivity (Wildman–Crippen MR) is 62.4 cm³/mol. The van der Waals surface area contributed by atoms with E-state index in [4.69, 9.17) is 5.73 Å². The number of anilines is 1. The van der Waals surface area contributed by atoms with Gasteiger partial charge in [-0.25, -0.2) is 4.39 Å². The maximum Gasteiger partial charge on any atom is 0.146 e. The first-order valence-corrected chi connectivity index (χ1v) is 5.21. The zero-order valence-electron chi connectivity index (χ0n) is 9.37. The summed E-state index contributed by atoms with van der Waals surface area (Å²) < 4.78 is 15.2. The van der Waals surface area contributed by atoms with Crippen LogP contribution in [0.3, 0.4) is 0 Å². The van der Waals surface area contributed by atoms with Gasteiger partial charge in [0.2, 0.25) is 0 Å². The molecule has 0 saturated carbocycles. The minimum atomic E-state index is -0.388. The van der Waals surface area contributed by atoms with Crippen molar-refractivity contribution >= 4 is 5.69 Å². The van der Waals surface area contributed by atoms with Gasteiger partial charge in [0.25, 0.3) is 0 Å². The first-order chi connectivity index (χ1) is 7.63. The molecule has 0 aliphatic carbocycles. The van der Waals surface area contributed by atoms with Crippen molar-refractivity contribution in [3.05, 3.63) is 35.9 Å². The first kappa shape index (κ1) is 10.7. The standard InChI is InChI=1S/C12H14FN3/c1-3-16-8(2)10(7-15-16)9-4-5-12(14)11(13)6-9/h4-7H,3,14H2,1-2H3. The Balaban J connectivity index is 2.50. The monoisotopic (exact) mass is 219 g/mol. The Morgan fingerprint density at radius 1 is 1.44 bits per heavy atom. The van der Waals surface area contributed by atoms with Crippen LogP contribution in [0.5, 0.6) is 0 Å². The van der Waals surface area contributed by atoms with Gasteiger partial charge in [0.15, 0.2) is 0 Å². The molecule has 0 amide bonds. The number of nitrogens with zero attached hydrogens (tertiary/aromatic N) is 2. The average Bonchev–Trinajstić information content (AvgIpc) is 2.64. The highest BCUT2D eigenvalue weighted by Crippen LogP contribution is 2.25. The van der Waals surface area contributed by atoms with E-state index in [1.54, 1.807) is 12.3 Å². The van der Waals surface area contributed by atoms with E-state index in [2.05, 4.69) is 5.10 Å². The summed E-state index contributed by atoms with van der Waals surface area (Å²) in [5.74, 6) is -0.388. The third-order valence-electron chi connectivity index (χ3n) is 2.71. The lowest BCUT2D eigenvalue weighted by atomic mass is 10.1. The Labute approximate surface area is 93.7 Å². The van der Waals surface area contributed by atoms with Crippen molar-refractivity contribution in [2.75, 3.05) is 5.73 Å². The van der Waals surface area contributed by atoms with Gasteiger partial charge in [0.05, 0.1) is 11.9 Å². The SMILES string of the molecule is CCn1ncc(-c2ccc(N)c(F)c2)c1C. The van der Waals surface area contributed by atoms with E-state index in [0.717, 1.165) is 23.4 Å². The number of benzene rings is 1. The lowest BCUT2D eigenvalue weighted by molar-refractivity contribution is 0.632. The molecule has 2 rings (SSSR count). The number of hydrogen-bond acceptors (Lipinski definition) is 2. The Morgan fingerprint density at radius 2 is 2.19 bits per heavy atom. The minimum Gasteiger partial charge on any atom is -0.396 e. The fourth-order valence-corrected chi connectivity index (χ4v) is 1.74. The molecule has 0 atom stereocenters. The number of halogens is 1. The number of rotatable bonds is 2. The van der Waals surface area contributed by atoms with Gasteiger partial charge in [-0.2, -0.15) is 5.10 Å². The molecule has 0 radical (unpaired) electrons. The number of nitrogen functional groups attached to an aromatic ring is 1. The molecule has 4 heteroatoms. The summed E-state index contributed by atoms with van der Waals surface area (Å²) in [6, 6.07) is 4.83. The van der Waals surface area contributed by atoms with E-state index in [1.165, 1.54) is 6.07 Å². The van der Waals surface area contributed by atoms with Gasteiger partial charge in [-0.1, -0.05) is 6.07 Å². The molecule has 0 fully saturated rings. The molecule has 0 unspecified atom stereocenters. The van der Waals surface area contributed by atoms with Crippen molar-refractivity contribution in [3.63, 3.8) is 0 Å². The highest BCUT2D eigenvalue weighted by Gasteiger charge is 2.09. The lowest BCUT2D eigenvalue weighted by Crippen LogP contribution is -1.98. The van der Waals surface area contributed by atoms with Crippen LogP contribution in [0.25, 0.3) is 11.1 Å². The van der Waals surface area contributed by atoms with Crippen LogP contribution >= 0.6 is 0 Å². The summed E-state index contributed by atoms with van der Waals surface area (Å²) in [5.41, 5.74) is 8.40. The van der Waals surface area contributed by atoms with E-state index >= 15 is 0 Å². The van der Waals surface area contributed by atoms with Crippen LogP contribution < -0.4 is 5.73 Å². The quantitative estimate of drug-likeness (QED) is 0.789. The van der Waals surface area contributed by atoms with Crippen molar-refractivity contribution in [2.24, 2.45) is 0 Å². The normalized spacial score (nSPS) is 10.7. The van der Waals surface area contributed by atoms with Crippen molar-refractivity contribution < 1.29 is 4.39 Å². The predicted octanol–water partition coefficient (Wildman–Crippen LogP) is 2.60. The van der Waals surface area contributed by atoms with Gasteiger partial charge in [0, 0.05) is 17.8 Å². The van der Waals surface area contributed by atoms with Crippen LogP contribution in [0.15, 0.2) is 24.4 Å². The molecular formula is C12H14FN3. The third-order valence-corrected chi connectivity index (χ3v) is 2.71.